The van der Waals surface area contributed by atoms with Gasteiger partial charge in [-0.1, -0.05) is 18.2 Å². The second-order valence-corrected chi connectivity index (χ2v) is 10.2. The molecule has 1 fully saturated rings. The molecule has 0 aliphatic carbocycles. The minimum atomic E-state index is -0.179. The lowest BCUT2D eigenvalue weighted by atomic mass is 9.94. The zero-order valence-corrected chi connectivity index (χ0v) is 22.0. The number of carbonyl (C=O) groups excluding carboxylic acids is 1. The Morgan fingerprint density at radius 3 is 2.97 bits per heavy atom. The number of methoxy groups -OCH3 is 2. The number of fused-ring (bicyclic) bond motifs is 1. The lowest BCUT2D eigenvalue weighted by Gasteiger charge is -2.24. The molecule has 1 aromatic carbocycles. The average molecular weight is 496 g/mol. The summed E-state index contributed by atoms with van der Waals surface area (Å²) in [5.74, 6) is 2.42. The van der Waals surface area contributed by atoms with Crippen LogP contribution >= 0.6 is 0 Å². The van der Waals surface area contributed by atoms with Crippen LogP contribution in [0.1, 0.15) is 55.3 Å². The highest BCUT2D eigenvalue weighted by atomic mass is 16.5. The topological polar surface area (TPSA) is 72.9 Å². The number of likely N-dealkylation sites (tertiary alicyclic amines) is 1. The van der Waals surface area contributed by atoms with Gasteiger partial charge in [-0.3, -0.25) is 4.79 Å². The normalized spacial score (nSPS) is 19.2. The number of aryl methyl sites for hydroxylation is 2. The highest BCUT2D eigenvalue weighted by Crippen LogP contribution is 2.29. The molecule has 0 saturated carbocycles. The summed E-state index contributed by atoms with van der Waals surface area (Å²) >= 11 is 0. The second kappa shape index (κ2) is 13.1. The highest BCUT2D eigenvalue weighted by Gasteiger charge is 2.27. The van der Waals surface area contributed by atoms with Crippen molar-refractivity contribution in [2.75, 3.05) is 52.3 Å². The van der Waals surface area contributed by atoms with Crippen LogP contribution in [0.4, 0.5) is 5.82 Å². The van der Waals surface area contributed by atoms with Gasteiger partial charge in [0.1, 0.15) is 17.7 Å². The van der Waals surface area contributed by atoms with E-state index < -0.39 is 0 Å². The number of pyridine rings is 1. The minimum Gasteiger partial charge on any atom is -0.488 e. The highest BCUT2D eigenvalue weighted by molar-refractivity contribution is 5.70. The number of hydrogen-bond acceptors (Lipinski definition) is 7. The van der Waals surface area contributed by atoms with Crippen LogP contribution in [-0.4, -0.2) is 69.0 Å². The van der Waals surface area contributed by atoms with Crippen LogP contribution in [0.15, 0.2) is 36.4 Å². The van der Waals surface area contributed by atoms with Crippen LogP contribution in [-0.2, 0) is 27.1 Å². The number of nitrogens with zero attached hydrogens (tertiary/aromatic N) is 2. The van der Waals surface area contributed by atoms with E-state index in [4.69, 9.17) is 19.2 Å². The number of benzene rings is 1. The van der Waals surface area contributed by atoms with Crippen molar-refractivity contribution >= 4 is 11.8 Å². The second-order valence-electron chi connectivity index (χ2n) is 10.2. The minimum absolute atomic E-state index is 0.0379. The maximum absolute atomic E-state index is 12.2. The summed E-state index contributed by atoms with van der Waals surface area (Å²) in [5, 5.41) is 3.44. The number of rotatable bonds is 12. The van der Waals surface area contributed by atoms with Crippen LogP contribution in [0.25, 0.3) is 0 Å². The standard InChI is InChI=1S/C29H41N3O4/c1-21(20-34-2)36-27-8-4-6-24(16-27)25(17-28(33)35-3)19-32-15-13-22(18-32)9-11-26-12-10-23-7-5-14-30-29(23)31-26/h4,6,8,10,12,16,21-22,25H,5,7,9,11,13-15,17-20H2,1-3H3,(H,30,31). The van der Waals surface area contributed by atoms with Crippen LogP contribution in [0.2, 0.25) is 0 Å². The van der Waals surface area contributed by atoms with Gasteiger partial charge < -0.3 is 24.4 Å². The van der Waals surface area contributed by atoms with Gasteiger partial charge in [0.05, 0.1) is 20.1 Å². The summed E-state index contributed by atoms with van der Waals surface area (Å²) in [6.07, 6.45) is 5.98. The molecular weight excluding hydrogens is 454 g/mol. The number of carbonyl (C=O) groups is 1. The molecule has 7 heteroatoms. The number of nitrogens with one attached hydrogen (secondary N) is 1. The third kappa shape index (κ3) is 7.43. The van der Waals surface area contributed by atoms with Crippen molar-refractivity contribution in [1.82, 2.24) is 9.88 Å². The van der Waals surface area contributed by atoms with Crippen molar-refractivity contribution in [3.05, 3.63) is 53.2 Å². The Labute approximate surface area is 215 Å². The Bertz CT molecular complexity index is 998. The van der Waals surface area contributed by atoms with E-state index in [2.05, 4.69) is 34.5 Å². The molecule has 4 rings (SSSR count). The van der Waals surface area contributed by atoms with E-state index in [1.165, 1.54) is 31.2 Å². The average Bonchev–Trinajstić information content (AvgIpc) is 3.34. The van der Waals surface area contributed by atoms with Gasteiger partial charge in [0, 0.05) is 38.4 Å². The summed E-state index contributed by atoms with van der Waals surface area (Å²) in [4.78, 5) is 19.6. The molecule has 1 aromatic heterocycles. The van der Waals surface area contributed by atoms with Crippen molar-refractivity contribution in [2.45, 2.75) is 57.5 Å². The Kier molecular flexibility index (Phi) is 9.59. The Balaban J connectivity index is 1.34. The van der Waals surface area contributed by atoms with Crippen molar-refractivity contribution in [1.29, 1.82) is 0 Å². The van der Waals surface area contributed by atoms with Crippen molar-refractivity contribution in [3.63, 3.8) is 0 Å². The maximum Gasteiger partial charge on any atom is 0.306 e. The molecule has 36 heavy (non-hydrogen) atoms. The van der Waals surface area contributed by atoms with Gasteiger partial charge in [-0.2, -0.15) is 0 Å². The van der Waals surface area contributed by atoms with Gasteiger partial charge >= 0.3 is 5.97 Å². The molecule has 3 unspecified atom stereocenters. The number of ether oxygens (including phenoxy) is 3. The monoisotopic (exact) mass is 495 g/mol. The third-order valence-corrected chi connectivity index (χ3v) is 7.32. The van der Waals surface area contributed by atoms with E-state index in [-0.39, 0.29) is 18.0 Å². The van der Waals surface area contributed by atoms with E-state index in [0.29, 0.717) is 18.9 Å². The van der Waals surface area contributed by atoms with Crippen LogP contribution in [0.5, 0.6) is 5.75 Å². The van der Waals surface area contributed by atoms with Crippen LogP contribution < -0.4 is 10.1 Å². The SMILES string of the molecule is COCC(C)Oc1cccc(C(CC(=O)OC)CN2CCC(CCc3ccc4c(n3)NCCC4)C2)c1. The summed E-state index contributed by atoms with van der Waals surface area (Å²) in [5.41, 5.74) is 3.64. The lowest BCUT2D eigenvalue weighted by molar-refractivity contribution is -0.141. The van der Waals surface area contributed by atoms with Gasteiger partial charge in [0.25, 0.3) is 0 Å². The van der Waals surface area contributed by atoms with Gasteiger partial charge in [-0.25, -0.2) is 4.98 Å². The summed E-state index contributed by atoms with van der Waals surface area (Å²) in [6, 6.07) is 12.6. The molecule has 7 nitrogen and oxygen atoms in total. The number of hydrogen-bond donors (Lipinski definition) is 1. The molecule has 0 spiro atoms. The van der Waals surface area contributed by atoms with Crippen molar-refractivity contribution in [2.24, 2.45) is 5.92 Å². The van der Waals surface area contributed by atoms with E-state index in [9.17, 15) is 4.79 Å². The number of aromatic nitrogens is 1. The molecule has 2 aromatic rings. The first-order valence-electron chi connectivity index (χ1n) is 13.3. The summed E-state index contributed by atoms with van der Waals surface area (Å²) < 4.78 is 16.2. The predicted octanol–water partition coefficient (Wildman–Crippen LogP) is 4.45. The molecule has 196 valence electrons. The predicted molar refractivity (Wildman–Crippen MR) is 142 cm³/mol. The summed E-state index contributed by atoms with van der Waals surface area (Å²) in [7, 11) is 3.13. The molecule has 0 bridgehead atoms. The number of anilines is 1. The quantitative estimate of drug-likeness (QED) is 0.436. The Hall–Kier alpha value is -2.64. The summed E-state index contributed by atoms with van der Waals surface area (Å²) in [6.45, 7) is 6.49. The van der Waals surface area contributed by atoms with Crippen molar-refractivity contribution < 1.29 is 19.0 Å². The van der Waals surface area contributed by atoms with Crippen LogP contribution in [0.3, 0.4) is 0 Å². The Morgan fingerprint density at radius 2 is 2.14 bits per heavy atom. The number of esters is 1. The van der Waals surface area contributed by atoms with Gasteiger partial charge in [-0.05, 0) is 80.8 Å². The van der Waals surface area contributed by atoms with E-state index in [0.717, 1.165) is 62.6 Å². The fourth-order valence-electron chi connectivity index (χ4n) is 5.40. The van der Waals surface area contributed by atoms with E-state index >= 15 is 0 Å². The third-order valence-electron chi connectivity index (χ3n) is 7.32. The van der Waals surface area contributed by atoms with Gasteiger partial charge in [0.2, 0.25) is 0 Å². The van der Waals surface area contributed by atoms with Gasteiger partial charge in [-0.15, -0.1) is 0 Å². The van der Waals surface area contributed by atoms with E-state index in [1.54, 1.807) is 7.11 Å². The molecule has 1 N–H and O–H groups in total. The molecule has 3 atom stereocenters. The molecule has 0 amide bonds. The molecule has 1 saturated heterocycles. The van der Waals surface area contributed by atoms with E-state index in [1.807, 2.05) is 19.1 Å². The maximum atomic E-state index is 12.2. The Morgan fingerprint density at radius 1 is 1.25 bits per heavy atom. The lowest BCUT2D eigenvalue weighted by Crippen LogP contribution is -2.28. The molecule has 3 heterocycles. The zero-order valence-electron chi connectivity index (χ0n) is 22.0. The molecule has 0 radical (unpaired) electrons. The smallest absolute Gasteiger partial charge is 0.306 e. The zero-order chi connectivity index (χ0) is 25.3. The first-order valence-corrected chi connectivity index (χ1v) is 13.3. The molecular formula is C29H41N3O4. The first kappa shape index (κ1) is 26.4. The molecule has 2 aliphatic rings. The fourth-order valence-corrected chi connectivity index (χ4v) is 5.40. The van der Waals surface area contributed by atoms with Gasteiger partial charge in [0.15, 0.2) is 0 Å². The fraction of sp³-hybridized carbons (Fsp3) is 0.586. The first-order chi connectivity index (χ1) is 17.5. The molecule has 2 aliphatic heterocycles. The van der Waals surface area contributed by atoms with Crippen LogP contribution in [0, 0.1) is 5.92 Å². The largest absolute Gasteiger partial charge is 0.488 e. The van der Waals surface area contributed by atoms with Crippen molar-refractivity contribution in [3.8, 4) is 5.75 Å².